The summed E-state index contributed by atoms with van der Waals surface area (Å²) in [5.41, 5.74) is -2.50. The second-order valence-electron chi connectivity index (χ2n) is 8.51. The van der Waals surface area contributed by atoms with Crippen LogP contribution in [0.1, 0.15) is 68.8 Å². The van der Waals surface area contributed by atoms with Crippen LogP contribution in [0, 0.1) is 5.41 Å². The topological polar surface area (TPSA) is 92.7 Å². The molecule has 1 fully saturated rings. The lowest BCUT2D eigenvalue weighted by Gasteiger charge is -2.47. The maximum Gasteiger partial charge on any atom is 0.419 e. The molecule has 0 atom stereocenters. The van der Waals surface area contributed by atoms with Crippen molar-refractivity contribution in [2.45, 2.75) is 64.7 Å². The number of carbonyl (C=O) groups is 1. The van der Waals surface area contributed by atoms with Crippen LogP contribution in [0.3, 0.4) is 0 Å². The van der Waals surface area contributed by atoms with E-state index in [1.807, 2.05) is 20.8 Å². The average Bonchev–Trinajstić information content (AvgIpc) is 2.59. The average molecular weight is 451 g/mol. The van der Waals surface area contributed by atoms with E-state index in [1.165, 1.54) is 0 Å². The minimum absolute atomic E-state index is 0.221. The molecule has 170 valence electrons. The molecule has 0 N–H and O–H groups in total. The molecular weight excluding hydrogens is 425 g/mol. The van der Waals surface area contributed by atoms with Crippen molar-refractivity contribution in [2.24, 2.45) is 5.41 Å². The van der Waals surface area contributed by atoms with Gasteiger partial charge in [-0.3, -0.25) is 0 Å². The van der Waals surface area contributed by atoms with Crippen molar-refractivity contribution >= 4 is 16.1 Å². The number of hydrogen-bond donors (Lipinski definition) is 0. The van der Waals surface area contributed by atoms with Crippen molar-refractivity contribution < 1.29 is 40.4 Å². The minimum Gasteiger partial charge on any atom is -0.748 e. The lowest BCUT2D eigenvalue weighted by molar-refractivity contribution is -0.142. The predicted molar refractivity (Wildman–Crippen MR) is 102 cm³/mol. The lowest BCUT2D eigenvalue weighted by atomic mass is 9.68. The van der Waals surface area contributed by atoms with E-state index in [-0.39, 0.29) is 5.56 Å². The number of carbonyl (C=O) groups excluding carboxylic acids is 1. The van der Waals surface area contributed by atoms with Gasteiger partial charge in [-0.25, -0.2) is 13.2 Å². The van der Waals surface area contributed by atoms with Crippen LogP contribution in [0.25, 0.3) is 0 Å². The zero-order chi connectivity index (χ0) is 22.8. The molecule has 0 saturated heterocycles. The van der Waals surface area contributed by atoms with Crippen LogP contribution >= 0.6 is 0 Å². The second-order valence-corrected chi connectivity index (χ2v) is 10.0. The molecule has 0 aliphatic heterocycles. The van der Waals surface area contributed by atoms with Crippen molar-refractivity contribution in [3.05, 3.63) is 29.3 Å². The van der Waals surface area contributed by atoms with E-state index in [0.29, 0.717) is 12.8 Å². The third-order valence-corrected chi connectivity index (χ3v) is 6.09. The van der Waals surface area contributed by atoms with Gasteiger partial charge in [0, 0.05) is 5.41 Å². The molecule has 1 aromatic carbocycles. The Labute approximate surface area is 174 Å². The van der Waals surface area contributed by atoms with Gasteiger partial charge in [0.25, 0.3) is 0 Å². The van der Waals surface area contributed by atoms with Gasteiger partial charge >= 0.3 is 12.1 Å². The van der Waals surface area contributed by atoms with Crippen molar-refractivity contribution in [3.63, 3.8) is 0 Å². The number of benzene rings is 1. The second kappa shape index (κ2) is 8.74. The van der Waals surface area contributed by atoms with Crippen molar-refractivity contribution in [2.75, 3.05) is 12.4 Å². The smallest absolute Gasteiger partial charge is 0.419 e. The van der Waals surface area contributed by atoms with Gasteiger partial charge in [0.2, 0.25) is 0 Å². The Morgan fingerprint density at radius 2 is 1.73 bits per heavy atom. The van der Waals surface area contributed by atoms with E-state index >= 15 is 0 Å². The van der Waals surface area contributed by atoms with Gasteiger partial charge in [0.1, 0.15) is 18.0 Å². The van der Waals surface area contributed by atoms with E-state index in [2.05, 4.69) is 0 Å². The first kappa shape index (κ1) is 24.5. The lowest BCUT2D eigenvalue weighted by Crippen LogP contribution is -2.49. The largest absolute Gasteiger partial charge is 0.748 e. The zero-order valence-corrected chi connectivity index (χ0v) is 18.0. The van der Waals surface area contributed by atoms with Crippen LogP contribution in [0.15, 0.2) is 18.2 Å². The Bertz CT molecular complexity index is 866. The fraction of sp³-hybridized carbons (Fsp3) is 0.650. The summed E-state index contributed by atoms with van der Waals surface area (Å²) in [6.07, 6.45) is -0.897. The molecule has 1 saturated carbocycles. The Kier molecular flexibility index (Phi) is 7.13. The standard InChI is InChI=1S/C20H27F3O6S/c1-18(2,3)19(9-5-4-6-10-19)29-16-13-14(7-8-15(16)20(21,22)23)17(24)28-11-12-30(25,26)27/h7-8,13H,4-6,9-12H2,1-3H3,(H,25,26,27)/p-1. The first-order valence-electron chi connectivity index (χ1n) is 9.66. The molecule has 0 spiro atoms. The van der Waals surface area contributed by atoms with Crippen LogP contribution in [-0.2, 0) is 21.0 Å². The summed E-state index contributed by atoms with van der Waals surface area (Å²) in [6, 6.07) is 2.66. The molecule has 1 aromatic rings. The highest BCUT2D eigenvalue weighted by atomic mass is 32.2. The van der Waals surface area contributed by atoms with E-state index in [0.717, 1.165) is 37.5 Å². The summed E-state index contributed by atoms with van der Waals surface area (Å²) < 4.78 is 83.4. The number of alkyl halides is 3. The first-order chi connectivity index (χ1) is 13.6. The van der Waals surface area contributed by atoms with Crippen molar-refractivity contribution in [3.8, 4) is 5.75 Å². The summed E-state index contributed by atoms with van der Waals surface area (Å²) in [6.45, 7) is 5.04. The number of rotatable bonds is 6. The molecule has 6 nitrogen and oxygen atoms in total. The Morgan fingerprint density at radius 1 is 1.13 bits per heavy atom. The molecule has 0 heterocycles. The van der Waals surface area contributed by atoms with E-state index in [9.17, 15) is 30.9 Å². The number of hydrogen-bond acceptors (Lipinski definition) is 6. The van der Waals surface area contributed by atoms with E-state index < -0.39 is 57.0 Å². The summed E-state index contributed by atoms with van der Waals surface area (Å²) in [4.78, 5) is 12.2. The third-order valence-electron chi connectivity index (χ3n) is 5.42. The minimum atomic E-state index is -4.69. The van der Waals surface area contributed by atoms with Crippen LogP contribution in [0.4, 0.5) is 13.2 Å². The molecule has 1 aliphatic rings. The predicted octanol–water partition coefficient (Wildman–Crippen LogP) is 4.54. The molecule has 2 rings (SSSR count). The zero-order valence-electron chi connectivity index (χ0n) is 17.2. The van der Waals surface area contributed by atoms with Crippen molar-refractivity contribution in [1.29, 1.82) is 0 Å². The van der Waals surface area contributed by atoms with Gasteiger partial charge in [0.05, 0.1) is 27.0 Å². The monoisotopic (exact) mass is 451 g/mol. The highest BCUT2D eigenvalue weighted by Crippen LogP contribution is 2.47. The normalized spacial score (nSPS) is 17.4. The quantitative estimate of drug-likeness (QED) is 0.466. The fourth-order valence-electron chi connectivity index (χ4n) is 3.63. The molecule has 0 radical (unpaired) electrons. The molecule has 30 heavy (non-hydrogen) atoms. The fourth-order valence-corrected chi connectivity index (χ4v) is 3.91. The maximum atomic E-state index is 13.6. The summed E-state index contributed by atoms with van der Waals surface area (Å²) >= 11 is 0. The van der Waals surface area contributed by atoms with Crippen LogP contribution in [-0.4, -0.2) is 36.9 Å². The molecular formula is C20H26F3O6S-. The van der Waals surface area contributed by atoms with Crippen LogP contribution < -0.4 is 4.74 Å². The Morgan fingerprint density at radius 3 is 2.23 bits per heavy atom. The number of esters is 1. The summed E-state index contributed by atoms with van der Waals surface area (Å²) in [7, 11) is -4.58. The Hall–Kier alpha value is -1.81. The number of ether oxygens (including phenoxy) is 2. The summed E-state index contributed by atoms with van der Waals surface area (Å²) in [5.74, 6) is -2.42. The van der Waals surface area contributed by atoms with Gasteiger partial charge < -0.3 is 14.0 Å². The molecule has 1 aliphatic carbocycles. The van der Waals surface area contributed by atoms with Gasteiger partial charge in [-0.2, -0.15) is 13.2 Å². The highest BCUT2D eigenvalue weighted by molar-refractivity contribution is 7.85. The van der Waals surface area contributed by atoms with Gasteiger partial charge in [0.15, 0.2) is 0 Å². The van der Waals surface area contributed by atoms with Gasteiger partial charge in [-0.1, -0.05) is 27.2 Å². The SMILES string of the molecule is CC(C)(C)C1(Oc2cc(C(=O)OCCS(=O)(=O)[O-])ccc2C(F)(F)F)CCCCC1. The highest BCUT2D eigenvalue weighted by Gasteiger charge is 2.46. The van der Waals surface area contributed by atoms with E-state index in [4.69, 9.17) is 9.47 Å². The van der Waals surface area contributed by atoms with Crippen molar-refractivity contribution in [1.82, 2.24) is 0 Å². The van der Waals surface area contributed by atoms with Crippen LogP contribution in [0.2, 0.25) is 0 Å². The number of halogens is 3. The molecule has 0 bridgehead atoms. The van der Waals surface area contributed by atoms with Crippen LogP contribution in [0.5, 0.6) is 5.75 Å². The third kappa shape index (κ3) is 6.10. The maximum absolute atomic E-state index is 13.6. The Balaban J connectivity index is 2.38. The first-order valence-corrected chi connectivity index (χ1v) is 11.2. The molecule has 0 amide bonds. The van der Waals surface area contributed by atoms with Gasteiger partial charge in [-0.05, 0) is 43.9 Å². The molecule has 0 aromatic heterocycles. The van der Waals surface area contributed by atoms with Gasteiger partial charge in [-0.15, -0.1) is 0 Å². The van der Waals surface area contributed by atoms with E-state index in [1.54, 1.807) is 0 Å². The molecule has 0 unspecified atom stereocenters. The summed E-state index contributed by atoms with van der Waals surface area (Å²) in [5, 5.41) is 0. The molecule has 10 heteroatoms.